The predicted molar refractivity (Wildman–Crippen MR) is 96.7 cm³/mol. The van der Waals surface area contributed by atoms with E-state index >= 15 is 0 Å². The number of benzene rings is 2. The Labute approximate surface area is 137 Å². The highest BCUT2D eigenvalue weighted by Crippen LogP contribution is 2.23. The Morgan fingerprint density at radius 1 is 1.14 bits per heavy atom. The predicted octanol–water partition coefficient (Wildman–Crippen LogP) is 4.36. The largest absolute Gasteiger partial charge is 0.495 e. The second kappa shape index (κ2) is 7.27. The molecule has 0 saturated carbocycles. The molecule has 0 amide bonds. The van der Waals surface area contributed by atoms with Crippen molar-refractivity contribution in [2.24, 2.45) is 0 Å². The lowest BCUT2D eigenvalue weighted by molar-refractivity contribution is 0.417. The van der Waals surface area contributed by atoms with Gasteiger partial charge in [0, 0.05) is 0 Å². The van der Waals surface area contributed by atoms with Crippen LogP contribution in [0.25, 0.3) is 0 Å². The molecule has 116 valence electrons. The molecule has 2 rings (SSSR count). The van der Waals surface area contributed by atoms with Crippen molar-refractivity contribution in [2.75, 3.05) is 12.4 Å². The van der Waals surface area contributed by atoms with Crippen LogP contribution in [0.15, 0.2) is 42.5 Å². The van der Waals surface area contributed by atoms with Crippen LogP contribution in [0.3, 0.4) is 0 Å². The highest BCUT2D eigenvalue weighted by molar-refractivity contribution is 7.80. The first kappa shape index (κ1) is 16.3. The topological polar surface area (TPSA) is 33.3 Å². The molecule has 22 heavy (non-hydrogen) atoms. The molecule has 0 aliphatic carbocycles. The summed E-state index contributed by atoms with van der Waals surface area (Å²) in [6.07, 6.45) is 0. The number of aryl methyl sites for hydroxylation is 2. The van der Waals surface area contributed by atoms with Crippen molar-refractivity contribution >= 4 is 23.0 Å². The van der Waals surface area contributed by atoms with E-state index in [0.29, 0.717) is 5.11 Å². The summed E-state index contributed by atoms with van der Waals surface area (Å²) < 4.78 is 5.32. The molecule has 2 aromatic rings. The summed E-state index contributed by atoms with van der Waals surface area (Å²) in [5.41, 5.74) is 4.61. The van der Waals surface area contributed by atoms with Crippen molar-refractivity contribution in [3.63, 3.8) is 0 Å². The number of ether oxygens (including phenoxy) is 1. The summed E-state index contributed by atoms with van der Waals surface area (Å²) >= 11 is 5.42. The number of rotatable bonds is 4. The van der Waals surface area contributed by atoms with E-state index in [0.717, 1.165) is 11.4 Å². The smallest absolute Gasteiger partial charge is 0.171 e. The second-order valence-corrected chi connectivity index (χ2v) is 5.79. The molecule has 0 aliphatic heterocycles. The molecule has 1 unspecified atom stereocenters. The summed E-state index contributed by atoms with van der Waals surface area (Å²) in [5, 5.41) is 7.10. The quantitative estimate of drug-likeness (QED) is 0.822. The number of methoxy groups -OCH3 is 1. The molecule has 1 atom stereocenters. The van der Waals surface area contributed by atoms with Crippen molar-refractivity contribution in [3.05, 3.63) is 59.2 Å². The second-order valence-electron chi connectivity index (χ2n) is 5.38. The van der Waals surface area contributed by atoms with Gasteiger partial charge in [0.1, 0.15) is 5.75 Å². The summed E-state index contributed by atoms with van der Waals surface area (Å²) in [4.78, 5) is 0. The first-order valence-electron chi connectivity index (χ1n) is 7.29. The number of hydrogen-bond acceptors (Lipinski definition) is 2. The Balaban J connectivity index is 2.07. The third kappa shape index (κ3) is 3.98. The molecule has 2 N–H and O–H groups in total. The van der Waals surface area contributed by atoms with E-state index in [1.807, 2.05) is 24.3 Å². The third-order valence-corrected chi connectivity index (χ3v) is 3.82. The van der Waals surface area contributed by atoms with Gasteiger partial charge in [-0.1, -0.05) is 35.9 Å². The average molecular weight is 314 g/mol. The van der Waals surface area contributed by atoms with Crippen LogP contribution < -0.4 is 15.4 Å². The standard InChI is InChI=1S/C18H22N2OS/c1-12-9-10-13(2)15(11-12)14(3)19-18(22)20-16-7-5-6-8-17(16)21-4/h5-11,14H,1-4H3,(H2,19,20,22). The van der Waals surface area contributed by atoms with Gasteiger partial charge < -0.3 is 15.4 Å². The lowest BCUT2D eigenvalue weighted by atomic mass is 10.0. The van der Waals surface area contributed by atoms with E-state index < -0.39 is 0 Å². The van der Waals surface area contributed by atoms with Crippen molar-refractivity contribution in [2.45, 2.75) is 26.8 Å². The lowest BCUT2D eigenvalue weighted by Crippen LogP contribution is -2.31. The Bertz CT molecular complexity index is 670. The lowest BCUT2D eigenvalue weighted by Gasteiger charge is -2.20. The number of nitrogens with one attached hydrogen (secondary N) is 2. The van der Waals surface area contributed by atoms with Gasteiger partial charge in [0.15, 0.2) is 5.11 Å². The molecule has 0 bridgehead atoms. The zero-order valence-corrected chi connectivity index (χ0v) is 14.3. The molecule has 0 aliphatic rings. The fourth-order valence-electron chi connectivity index (χ4n) is 2.41. The maximum absolute atomic E-state index is 5.42. The summed E-state index contributed by atoms with van der Waals surface area (Å²) in [6.45, 7) is 6.32. The number of para-hydroxylation sites is 2. The van der Waals surface area contributed by atoms with Gasteiger partial charge in [-0.25, -0.2) is 0 Å². The molecule has 0 aromatic heterocycles. The number of anilines is 1. The molecular weight excluding hydrogens is 292 g/mol. The fraction of sp³-hybridized carbons (Fsp3) is 0.278. The van der Waals surface area contributed by atoms with Crippen LogP contribution in [-0.4, -0.2) is 12.2 Å². The summed E-state index contributed by atoms with van der Waals surface area (Å²) in [7, 11) is 1.65. The van der Waals surface area contributed by atoms with Crippen LogP contribution in [0.1, 0.15) is 29.7 Å². The minimum Gasteiger partial charge on any atom is -0.495 e. The van der Waals surface area contributed by atoms with E-state index in [-0.39, 0.29) is 6.04 Å². The molecule has 0 spiro atoms. The Morgan fingerprint density at radius 2 is 1.86 bits per heavy atom. The van der Waals surface area contributed by atoms with Gasteiger partial charge in [0.2, 0.25) is 0 Å². The van der Waals surface area contributed by atoms with Gasteiger partial charge in [0.05, 0.1) is 18.8 Å². The summed E-state index contributed by atoms with van der Waals surface area (Å²) in [5.74, 6) is 0.769. The zero-order valence-electron chi connectivity index (χ0n) is 13.4. The third-order valence-electron chi connectivity index (χ3n) is 3.60. The van der Waals surface area contributed by atoms with E-state index in [4.69, 9.17) is 17.0 Å². The van der Waals surface area contributed by atoms with Crippen molar-refractivity contribution in [1.29, 1.82) is 0 Å². The van der Waals surface area contributed by atoms with Crippen molar-refractivity contribution in [1.82, 2.24) is 5.32 Å². The van der Waals surface area contributed by atoms with Gasteiger partial charge in [-0.05, 0) is 56.2 Å². The van der Waals surface area contributed by atoms with E-state index in [9.17, 15) is 0 Å². The number of hydrogen-bond donors (Lipinski definition) is 2. The van der Waals surface area contributed by atoms with E-state index in [2.05, 4.69) is 49.6 Å². The van der Waals surface area contributed by atoms with Crippen LogP contribution in [0.5, 0.6) is 5.75 Å². The van der Waals surface area contributed by atoms with Gasteiger partial charge >= 0.3 is 0 Å². The highest BCUT2D eigenvalue weighted by Gasteiger charge is 2.11. The SMILES string of the molecule is COc1ccccc1NC(=S)NC(C)c1cc(C)ccc1C. The molecule has 0 saturated heterocycles. The van der Waals surface area contributed by atoms with Crippen LogP contribution in [0, 0.1) is 13.8 Å². The van der Waals surface area contributed by atoms with E-state index in [1.165, 1.54) is 16.7 Å². The van der Waals surface area contributed by atoms with Crippen LogP contribution in [0.4, 0.5) is 5.69 Å². The van der Waals surface area contributed by atoms with Crippen LogP contribution in [-0.2, 0) is 0 Å². The van der Waals surface area contributed by atoms with Crippen molar-refractivity contribution < 1.29 is 4.74 Å². The van der Waals surface area contributed by atoms with Gasteiger partial charge in [-0.2, -0.15) is 0 Å². The molecule has 2 aromatic carbocycles. The minimum atomic E-state index is 0.134. The van der Waals surface area contributed by atoms with E-state index in [1.54, 1.807) is 7.11 Å². The molecule has 4 heteroatoms. The minimum absolute atomic E-state index is 0.134. The normalized spacial score (nSPS) is 11.6. The van der Waals surface area contributed by atoms with Gasteiger partial charge in [-0.15, -0.1) is 0 Å². The first-order valence-corrected chi connectivity index (χ1v) is 7.69. The molecule has 0 radical (unpaired) electrons. The Kier molecular flexibility index (Phi) is 5.39. The average Bonchev–Trinajstić information content (AvgIpc) is 2.50. The Morgan fingerprint density at radius 3 is 2.59 bits per heavy atom. The molecule has 0 heterocycles. The number of thiocarbonyl (C=S) groups is 1. The molecule has 0 fully saturated rings. The van der Waals surface area contributed by atoms with Crippen LogP contribution in [0.2, 0.25) is 0 Å². The highest BCUT2D eigenvalue weighted by atomic mass is 32.1. The molecule has 3 nitrogen and oxygen atoms in total. The maximum atomic E-state index is 5.42. The molecular formula is C18H22N2OS. The van der Waals surface area contributed by atoms with Gasteiger partial charge in [0.25, 0.3) is 0 Å². The van der Waals surface area contributed by atoms with Crippen LogP contribution >= 0.6 is 12.2 Å². The zero-order chi connectivity index (χ0) is 16.1. The summed E-state index contributed by atoms with van der Waals surface area (Å²) in [6, 6.07) is 14.3. The fourth-order valence-corrected chi connectivity index (χ4v) is 2.69. The van der Waals surface area contributed by atoms with Gasteiger partial charge in [-0.3, -0.25) is 0 Å². The first-order chi connectivity index (χ1) is 10.5. The maximum Gasteiger partial charge on any atom is 0.171 e. The monoisotopic (exact) mass is 314 g/mol. The van der Waals surface area contributed by atoms with Crippen molar-refractivity contribution in [3.8, 4) is 5.75 Å². The Hall–Kier alpha value is -2.07.